The molecule has 4 nitrogen and oxygen atoms in total. The number of rotatable bonds is 4. The summed E-state index contributed by atoms with van der Waals surface area (Å²) in [7, 11) is 1.63. The molecule has 0 unspecified atom stereocenters. The molecule has 0 bridgehead atoms. The largest absolute Gasteiger partial charge is 0.495 e. The molecule has 1 aromatic carbocycles. The topological polar surface area (TPSA) is 60.2 Å². The lowest BCUT2D eigenvalue weighted by Gasteiger charge is -2.10. The summed E-state index contributed by atoms with van der Waals surface area (Å²) < 4.78 is 6.15. The number of hydrogen-bond donors (Lipinski definition) is 2. The van der Waals surface area contributed by atoms with Crippen LogP contribution in [0.3, 0.4) is 0 Å². The number of aromatic nitrogens is 1. The van der Waals surface area contributed by atoms with Crippen molar-refractivity contribution in [3.05, 3.63) is 46.7 Å². The number of thiocarbonyl (C=S) groups is 1. The van der Waals surface area contributed by atoms with Gasteiger partial charge in [0.2, 0.25) is 0 Å². The second-order valence-corrected chi connectivity index (χ2v) is 5.06. The number of benzene rings is 1. The summed E-state index contributed by atoms with van der Waals surface area (Å²) in [5.41, 5.74) is 7.91. The monoisotopic (exact) mass is 337 g/mol. The van der Waals surface area contributed by atoms with E-state index in [1.807, 2.05) is 24.3 Å². The molecule has 98 valence electrons. The van der Waals surface area contributed by atoms with Crippen LogP contribution in [0.2, 0.25) is 0 Å². The number of halogens is 1. The van der Waals surface area contributed by atoms with Crippen LogP contribution in [0.5, 0.6) is 5.75 Å². The normalized spacial score (nSPS) is 10.0. The molecule has 0 spiro atoms. The fourth-order valence-electron chi connectivity index (χ4n) is 1.55. The number of ether oxygens (including phenoxy) is 1. The van der Waals surface area contributed by atoms with E-state index in [9.17, 15) is 0 Å². The minimum atomic E-state index is 0.275. The van der Waals surface area contributed by atoms with E-state index in [0.29, 0.717) is 5.69 Å². The summed E-state index contributed by atoms with van der Waals surface area (Å²) >= 11 is 8.31. The first-order chi connectivity index (χ1) is 9.10. The summed E-state index contributed by atoms with van der Waals surface area (Å²) in [5.74, 6) is 0.758. The van der Waals surface area contributed by atoms with Crippen LogP contribution in [0.1, 0.15) is 5.69 Å². The highest BCUT2D eigenvalue weighted by Crippen LogP contribution is 2.29. The highest BCUT2D eigenvalue weighted by atomic mass is 79.9. The van der Waals surface area contributed by atoms with Crippen LogP contribution in [-0.2, 0) is 0 Å². The maximum absolute atomic E-state index is 5.56. The van der Waals surface area contributed by atoms with Crippen molar-refractivity contribution in [3.8, 4) is 5.75 Å². The van der Waals surface area contributed by atoms with Gasteiger partial charge in [-0.2, -0.15) is 0 Å². The molecule has 2 aromatic rings. The predicted octanol–water partition coefficient (Wildman–Crippen LogP) is 3.23. The second kappa shape index (κ2) is 5.99. The molecule has 0 fully saturated rings. The molecule has 2 rings (SSSR count). The smallest absolute Gasteiger partial charge is 0.135 e. The Hall–Kier alpha value is -1.66. The Morgan fingerprint density at radius 1 is 1.32 bits per heavy atom. The predicted molar refractivity (Wildman–Crippen MR) is 84.1 cm³/mol. The third-order valence-electron chi connectivity index (χ3n) is 2.45. The van der Waals surface area contributed by atoms with Gasteiger partial charge in [0, 0.05) is 23.6 Å². The molecule has 0 aliphatic carbocycles. The average molecular weight is 338 g/mol. The van der Waals surface area contributed by atoms with Crippen LogP contribution in [-0.4, -0.2) is 17.1 Å². The van der Waals surface area contributed by atoms with E-state index in [1.165, 1.54) is 0 Å². The number of methoxy groups -OCH3 is 1. The van der Waals surface area contributed by atoms with Crippen molar-refractivity contribution < 1.29 is 4.74 Å². The van der Waals surface area contributed by atoms with Crippen molar-refractivity contribution in [2.75, 3.05) is 12.4 Å². The van der Waals surface area contributed by atoms with Gasteiger partial charge in [0.1, 0.15) is 10.7 Å². The minimum Gasteiger partial charge on any atom is -0.495 e. The van der Waals surface area contributed by atoms with E-state index in [4.69, 9.17) is 22.7 Å². The first-order valence-electron chi connectivity index (χ1n) is 5.46. The van der Waals surface area contributed by atoms with Gasteiger partial charge in [-0.15, -0.1) is 0 Å². The fraction of sp³-hybridized carbons (Fsp3) is 0.0769. The summed E-state index contributed by atoms with van der Waals surface area (Å²) in [6.07, 6.45) is 1.66. The summed E-state index contributed by atoms with van der Waals surface area (Å²) in [6.45, 7) is 0. The Balaban J connectivity index is 2.26. The second-order valence-electron chi connectivity index (χ2n) is 3.77. The Morgan fingerprint density at radius 3 is 2.74 bits per heavy atom. The Kier molecular flexibility index (Phi) is 4.34. The molecule has 3 N–H and O–H groups in total. The maximum atomic E-state index is 5.56. The third-order valence-corrected chi connectivity index (χ3v) is 3.32. The number of nitrogens with one attached hydrogen (secondary N) is 1. The van der Waals surface area contributed by atoms with Crippen molar-refractivity contribution in [1.29, 1.82) is 0 Å². The SMILES string of the molecule is COc1cc(Nc2ccnc(C(N)=S)c2)ccc1Br. The highest BCUT2D eigenvalue weighted by Gasteiger charge is 2.03. The van der Waals surface area contributed by atoms with Crippen molar-refractivity contribution in [2.45, 2.75) is 0 Å². The van der Waals surface area contributed by atoms with Crippen LogP contribution < -0.4 is 15.8 Å². The minimum absolute atomic E-state index is 0.275. The molecule has 0 saturated heterocycles. The van der Waals surface area contributed by atoms with Gasteiger partial charge in [-0.3, -0.25) is 4.98 Å². The molecule has 0 saturated carbocycles. The van der Waals surface area contributed by atoms with Crippen molar-refractivity contribution in [2.24, 2.45) is 5.73 Å². The van der Waals surface area contributed by atoms with Gasteiger partial charge in [-0.05, 0) is 40.2 Å². The molecule has 19 heavy (non-hydrogen) atoms. The molecule has 1 aromatic heterocycles. The van der Waals surface area contributed by atoms with Gasteiger partial charge < -0.3 is 15.8 Å². The molecule has 0 aliphatic rings. The fourth-order valence-corrected chi connectivity index (χ4v) is 2.07. The summed E-state index contributed by atoms with van der Waals surface area (Å²) in [4.78, 5) is 4.37. The number of hydrogen-bond acceptors (Lipinski definition) is 4. The Labute approximate surface area is 125 Å². The maximum Gasteiger partial charge on any atom is 0.135 e. The lowest BCUT2D eigenvalue weighted by molar-refractivity contribution is 0.412. The van der Waals surface area contributed by atoms with Crippen molar-refractivity contribution >= 4 is 44.5 Å². The van der Waals surface area contributed by atoms with Gasteiger partial charge in [0.15, 0.2) is 0 Å². The number of pyridine rings is 1. The van der Waals surface area contributed by atoms with E-state index in [2.05, 4.69) is 26.2 Å². The number of nitrogens with two attached hydrogens (primary N) is 1. The zero-order chi connectivity index (χ0) is 13.8. The zero-order valence-corrected chi connectivity index (χ0v) is 12.6. The molecule has 0 amide bonds. The Morgan fingerprint density at radius 2 is 2.05 bits per heavy atom. The van der Waals surface area contributed by atoms with E-state index in [1.54, 1.807) is 19.4 Å². The van der Waals surface area contributed by atoms with Gasteiger partial charge in [-0.1, -0.05) is 12.2 Å². The van der Waals surface area contributed by atoms with E-state index >= 15 is 0 Å². The summed E-state index contributed by atoms with van der Waals surface area (Å²) in [5, 5.41) is 3.25. The highest BCUT2D eigenvalue weighted by molar-refractivity contribution is 9.10. The van der Waals surface area contributed by atoms with Crippen LogP contribution in [0, 0.1) is 0 Å². The van der Waals surface area contributed by atoms with Crippen LogP contribution in [0.25, 0.3) is 0 Å². The zero-order valence-electron chi connectivity index (χ0n) is 10.2. The van der Waals surface area contributed by atoms with Crippen LogP contribution in [0.15, 0.2) is 41.0 Å². The van der Waals surface area contributed by atoms with E-state index in [-0.39, 0.29) is 4.99 Å². The average Bonchev–Trinajstić information content (AvgIpc) is 2.41. The Bertz CT molecular complexity index is 619. The molecule has 0 aliphatic heterocycles. The van der Waals surface area contributed by atoms with E-state index in [0.717, 1.165) is 21.6 Å². The van der Waals surface area contributed by atoms with Gasteiger partial charge in [0.25, 0.3) is 0 Å². The van der Waals surface area contributed by atoms with Crippen molar-refractivity contribution in [1.82, 2.24) is 4.98 Å². The molecular formula is C13H12BrN3OS. The lowest BCUT2D eigenvalue weighted by Crippen LogP contribution is -2.11. The van der Waals surface area contributed by atoms with Gasteiger partial charge >= 0.3 is 0 Å². The quantitative estimate of drug-likeness (QED) is 0.838. The number of nitrogens with zero attached hydrogens (tertiary/aromatic N) is 1. The third kappa shape index (κ3) is 3.42. The lowest BCUT2D eigenvalue weighted by atomic mass is 10.2. The van der Waals surface area contributed by atoms with Crippen molar-refractivity contribution in [3.63, 3.8) is 0 Å². The molecular weight excluding hydrogens is 326 g/mol. The van der Waals surface area contributed by atoms with E-state index < -0.39 is 0 Å². The molecule has 1 heterocycles. The molecule has 6 heteroatoms. The first-order valence-corrected chi connectivity index (χ1v) is 6.66. The molecule has 0 atom stereocenters. The first kappa shape index (κ1) is 13.8. The number of anilines is 2. The van der Waals surface area contributed by atoms with Crippen LogP contribution in [0.4, 0.5) is 11.4 Å². The van der Waals surface area contributed by atoms with Crippen LogP contribution >= 0.6 is 28.1 Å². The van der Waals surface area contributed by atoms with Gasteiger partial charge in [-0.25, -0.2) is 0 Å². The summed E-state index contributed by atoms with van der Waals surface area (Å²) in [6, 6.07) is 9.39. The molecule has 0 radical (unpaired) electrons. The van der Waals surface area contributed by atoms with Gasteiger partial charge in [0.05, 0.1) is 17.3 Å². The standard InChI is InChI=1S/C13H12BrN3OS/c1-18-12-7-8(2-3-10(12)14)17-9-4-5-16-11(6-9)13(15)19/h2-7H,1H3,(H2,15,19)(H,16,17).